The summed E-state index contributed by atoms with van der Waals surface area (Å²) in [5, 5.41) is 2.33. The molecule has 1 amide bonds. The van der Waals surface area contributed by atoms with Gasteiger partial charge in [0.15, 0.2) is 0 Å². The van der Waals surface area contributed by atoms with Crippen LogP contribution in [-0.2, 0) is 34.0 Å². The number of halogens is 3. The lowest BCUT2D eigenvalue weighted by Gasteiger charge is -2.30. The summed E-state index contributed by atoms with van der Waals surface area (Å²) < 4.78 is 68.6. The fourth-order valence-corrected chi connectivity index (χ4v) is 7.03. The van der Waals surface area contributed by atoms with E-state index in [1.165, 1.54) is 27.4 Å². The topological polar surface area (TPSA) is 73.5 Å². The summed E-state index contributed by atoms with van der Waals surface area (Å²) in [4.78, 5) is 18.7. The van der Waals surface area contributed by atoms with Crippen molar-refractivity contribution in [3.05, 3.63) is 114 Å². The lowest BCUT2D eigenvalue weighted by Crippen LogP contribution is -2.46. The van der Waals surface area contributed by atoms with Gasteiger partial charge in [-0.1, -0.05) is 66.7 Å². The van der Waals surface area contributed by atoms with Crippen LogP contribution in [0.2, 0.25) is 0 Å². The Morgan fingerprint density at radius 3 is 2.21 bits per heavy atom. The molecule has 43 heavy (non-hydrogen) atoms. The molecule has 0 aliphatic heterocycles. The van der Waals surface area contributed by atoms with Gasteiger partial charge in [0.1, 0.15) is 0 Å². The Morgan fingerprint density at radius 2 is 1.51 bits per heavy atom. The van der Waals surface area contributed by atoms with Crippen LogP contribution in [0.5, 0.6) is 0 Å². The van der Waals surface area contributed by atoms with Gasteiger partial charge in [0.05, 0.1) is 17.0 Å². The second-order valence-corrected chi connectivity index (χ2v) is 12.6. The number of hydrogen-bond acceptors (Lipinski definition) is 3. The van der Waals surface area contributed by atoms with E-state index < -0.39 is 40.3 Å². The van der Waals surface area contributed by atoms with Crippen LogP contribution in [0.3, 0.4) is 0 Å². The molecule has 0 aliphatic rings. The van der Waals surface area contributed by atoms with E-state index in [1.54, 1.807) is 32.0 Å². The van der Waals surface area contributed by atoms with Crippen molar-refractivity contribution >= 4 is 37.6 Å². The van der Waals surface area contributed by atoms with Gasteiger partial charge in [0, 0.05) is 41.6 Å². The van der Waals surface area contributed by atoms with E-state index in [4.69, 9.17) is 0 Å². The molecule has 0 saturated heterocycles. The number of carbonyl (C=O) groups excluding carboxylic acids is 1. The molecule has 1 N–H and O–H groups in total. The first-order valence-electron chi connectivity index (χ1n) is 13.9. The standard InChI is InChI=1S/C33H32F3N3O3S/c1-23(2)39(43(41,42)31-13-7-9-25-8-3-4-11-29(25)31)22-32(40)38(21-24-14-16-27(17-15-24)33(34,35)36)19-18-26-20-37-30-12-6-5-10-28(26)30/h3-17,20,23,37H,18-19,21-22H2,1-2H3. The van der Waals surface area contributed by atoms with E-state index in [1.807, 2.05) is 48.7 Å². The summed E-state index contributed by atoms with van der Waals surface area (Å²) in [6, 6.07) is 24.1. The quantitative estimate of drug-likeness (QED) is 0.186. The number of amides is 1. The Balaban J connectivity index is 1.44. The molecule has 10 heteroatoms. The number of nitrogens with one attached hydrogen (secondary N) is 1. The van der Waals surface area contributed by atoms with Gasteiger partial charge in [0.25, 0.3) is 0 Å². The zero-order valence-corrected chi connectivity index (χ0v) is 24.6. The molecule has 0 fully saturated rings. The number of sulfonamides is 1. The van der Waals surface area contributed by atoms with Gasteiger partial charge < -0.3 is 9.88 Å². The number of carbonyl (C=O) groups is 1. The van der Waals surface area contributed by atoms with Gasteiger partial charge >= 0.3 is 6.18 Å². The number of H-pyrrole nitrogens is 1. The number of fused-ring (bicyclic) bond motifs is 2. The smallest absolute Gasteiger partial charge is 0.361 e. The average molecular weight is 608 g/mol. The number of para-hydroxylation sites is 1. The summed E-state index contributed by atoms with van der Waals surface area (Å²) in [5.74, 6) is -0.447. The monoisotopic (exact) mass is 607 g/mol. The fraction of sp³-hybridized carbons (Fsp3) is 0.242. The molecule has 1 aromatic heterocycles. The van der Waals surface area contributed by atoms with Crippen molar-refractivity contribution in [1.29, 1.82) is 0 Å². The van der Waals surface area contributed by atoms with Gasteiger partial charge in [-0.25, -0.2) is 8.42 Å². The lowest BCUT2D eigenvalue weighted by molar-refractivity contribution is -0.137. The molecule has 0 bridgehead atoms. The van der Waals surface area contributed by atoms with Gasteiger partial charge in [0.2, 0.25) is 15.9 Å². The minimum absolute atomic E-state index is 0.0274. The number of aromatic amines is 1. The van der Waals surface area contributed by atoms with Crippen molar-refractivity contribution < 1.29 is 26.4 Å². The highest BCUT2D eigenvalue weighted by Gasteiger charge is 2.33. The molecule has 5 rings (SSSR count). The van der Waals surface area contributed by atoms with E-state index in [2.05, 4.69) is 4.98 Å². The van der Waals surface area contributed by atoms with E-state index in [9.17, 15) is 26.4 Å². The first kappa shape index (κ1) is 30.3. The molecule has 0 atom stereocenters. The van der Waals surface area contributed by atoms with Crippen LogP contribution in [0.25, 0.3) is 21.7 Å². The van der Waals surface area contributed by atoms with Crippen molar-refractivity contribution in [1.82, 2.24) is 14.2 Å². The second kappa shape index (κ2) is 12.2. The maximum absolute atomic E-state index is 14.0. The Bertz CT molecular complexity index is 1840. The number of aromatic nitrogens is 1. The molecule has 0 saturated carbocycles. The summed E-state index contributed by atoms with van der Waals surface area (Å²) in [7, 11) is -4.08. The molecule has 0 aliphatic carbocycles. The highest BCUT2D eigenvalue weighted by atomic mass is 32.2. The largest absolute Gasteiger partial charge is 0.416 e. The molecule has 5 aromatic rings. The van der Waals surface area contributed by atoms with Crippen molar-refractivity contribution in [3.8, 4) is 0 Å². The van der Waals surface area contributed by atoms with Crippen molar-refractivity contribution in [2.24, 2.45) is 0 Å². The average Bonchev–Trinajstić information content (AvgIpc) is 3.40. The summed E-state index contributed by atoms with van der Waals surface area (Å²) in [6.07, 6.45) is -2.14. The third kappa shape index (κ3) is 6.60. The van der Waals surface area contributed by atoms with Crippen molar-refractivity contribution in [2.75, 3.05) is 13.1 Å². The van der Waals surface area contributed by atoms with Crippen LogP contribution in [0.15, 0.2) is 102 Å². The minimum atomic E-state index is -4.48. The minimum Gasteiger partial charge on any atom is -0.361 e. The number of rotatable bonds is 10. The van der Waals surface area contributed by atoms with E-state index in [0.717, 1.165) is 34.0 Å². The molecule has 1 heterocycles. The van der Waals surface area contributed by atoms with E-state index in [0.29, 0.717) is 17.4 Å². The number of hydrogen-bond donors (Lipinski definition) is 1. The van der Waals surface area contributed by atoms with Crippen LogP contribution in [-0.4, -0.2) is 47.6 Å². The number of alkyl halides is 3. The van der Waals surface area contributed by atoms with Gasteiger partial charge in [-0.3, -0.25) is 4.79 Å². The van der Waals surface area contributed by atoms with Gasteiger partial charge in [-0.05, 0) is 61.0 Å². The predicted molar refractivity (Wildman–Crippen MR) is 162 cm³/mol. The molecule has 0 radical (unpaired) electrons. The highest BCUT2D eigenvalue weighted by molar-refractivity contribution is 7.89. The molecule has 4 aromatic carbocycles. The third-order valence-electron chi connectivity index (χ3n) is 7.54. The Hall–Kier alpha value is -4.15. The maximum atomic E-state index is 14.0. The molecule has 6 nitrogen and oxygen atoms in total. The van der Waals surface area contributed by atoms with Crippen LogP contribution in [0.4, 0.5) is 13.2 Å². The zero-order chi connectivity index (χ0) is 30.8. The van der Waals surface area contributed by atoms with Crippen LogP contribution in [0.1, 0.15) is 30.5 Å². The van der Waals surface area contributed by atoms with Gasteiger partial charge in [-0.15, -0.1) is 0 Å². The third-order valence-corrected chi connectivity index (χ3v) is 9.62. The van der Waals surface area contributed by atoms with Crippen LogP contribution < -0.4 is 0 Å². The summed E-state index contributed by atoms with van der Waals surface area (Å²) >= 11 is 0. The SMILES string of the molecule is CC(C)N(CC(=O)N(CCc1c[nH]c2ccccc12)Cc1ccc(C(F)(F)F)cc1)S(=O)(=O)c1cccc2ccccc12. The molecule has 224 valence electrons. The second-order valence-electron chi connectivity index (χ2n) is 10.7. The Labute approximate surface area is 248 Å². The van der Waals surface area contributed by atoms with Crippen LogP contribution in [0, 0.1) is 0 Å². The van der Waals surface area contributed by atoms with Crippen LogP contribution >= 0.6 is 0 Å². The predicted octanol–water partition coefficient (Wildman–Crippen LogP) is 7.01. The van der Waals surface area contributed by atoms with Gasteiger partial charge in [-0.2, -0.15) is 17.5 Å². The van der Waals surface area contributed by atoms with E-state index >= 15 is 0 Å². The Morgan fingerprint density at radius 1 is 0.860 bits per heavy atom. The van der Waals surface area contributed by atoms with Crippen molar-refractivity contribution in [2.45, 2.75) is 43.9 Å². The van der Waals surface area contributed by atoms with E-state index in [-0.39, 0.29) is 18.0 Å². The first-order chi connectivity index (χ1) is 20.4. The molecule has 0 spiro atoms. The molecular weight excluding hydrogens is 575 g/mol. The first-order valence-corrected chi connectivity index (χ1v) is 15.4. The maximum Gasteiger partial charge on any atom is 0.416 e. The molecular formula is C33H32F3N3O3S. The zero-order valence-electron chi connectivity index (χ0n) is 23.8. The Kier molecular flexibility index (Phi) is 8.62. The fourth-order valence-electron chi connectivity index (χ4n) is 5.23. The normalized spacial score (nSPS) is 12.4. The molecule has 0 unspecified atom stereocenters. The summed E-state index contributed by atoms with van der Waals surface area (Å²) in [5.41, 5.74) is 1.66. The number of benzene rings is 4. The number of nitrogens with zero attached hydrogens (tertiary/aromatic N) is 2. The van der Waals surface area contributed by atoms with Crippen molar-refractivity contribution in [3.63, 3.8) is 0 Å². The highest BCUT2D eigenvalue weighted by Crippen LogP contribution is 2.30. The summed E-state index contributed by atoms with van der Waals surface area (Å²) in [6.45, 7) is 3.27. The lowest BCUT2D eigenvalue weighted by atomic mass is 10.1.